The van der Waals surface area contributed by atoms with Crippen LogP contribution in [0.4, 0.5) is 0 Å². The Morgan fingerprint density at radius 3 is 2.62 bits per heavy atom. The highest BCUT2D eigenvalue weighted by atomic mass is 16.6. The summed E-state index contributed by atoms with van der Waals surface area (Å²) >= 11 is 0. The van der Waals surface area contributed by atoms with E-state index in [-0.39, 0.29) is 24.7 Å². The Morgan fingerprint density at radius 2 is 1.88 bits per heavy atom. The first-order valence-electron chi connectivity index (χ1n) is 10.5. The van der Waals surface area contributed by atoms with Crippen molar-refractivity contribution in [3.63, 3.8) is 0 Å². The van der Waals surface area contributed by atoms with Gasteiger partial charge >= 0.3 is 0 Å². The Bertz CT molecular complexity index is 1070. The number of nitrogens with zero attached hydrogens (tertiary/aromatic N) is 2. The summed E-state index contributed by atoms with van der Waals surface area (Å²) in [7, 11) is 0. The molecule has 10 nitrogen and oxygen atoms in total. The molecule has 1 unspecified atom stereocenters. The molecule has 4 aliphatic rings. The SMILES string of the molecule is Cc1cc2c(cc1CNC(=O)C1=CN3C[C@H]4OC[C@H](C)N4C(=O)C3C(=O)C1=O)OCCO2. The summed E-state index contributed by atoms with van der Waals surface area (Å²) in [4.78, 5) is 54.0. The molecule has 4 aliphatic heterocycles. The molecular weight excluding hydrogens is 418 g/mol. The molecule has 0 radical (unpaired) electrons. The van der Waals surface area contributed by atoms with Crippen molar-refractivity contribution in [3.8, 4) is 11.5 Å². The lowest BCUT2D eigenvalue weighted by Gasteiger charge is -2.43. The molecule has 1 N–H and O–H groups in total. The number of rotatable bonds is 3. The third-order valence-corrected chi connectivity index (χ3v) is 6.20. The number of Topliss-reactive ketones (excluding diaryl/α,β-unsaturated/α-hetero) is 2. The van der Waals surface area contributed by atoms with Gasteiger partial charge in [0.15, 0.2) is 17.5 Å². The average Bonchev–Trinajstić information content (AvgIpc) is 3.15. The van der Waals surface area contributed by atoms with Crippen LogP contribution in [-0.4, -0.2) is 77.9 Å². The van der Waals surface area contributed by atoms with E-state index in [1.165, 1.54) is 16.0 Å². The predicted molar refractivity (Wildman–Crippen MR) is 109 cm³/mol. The van der Waals surface area contributed by atoms with Crippen LogP contribution in [0.2, 0.25) is 0 Å². The van der Waals surface area contributed by atoms with Crippen molar-refractivity contribution in [2.24, 2.45) is 0 Å². The number of carbonyl (C=O) groups excluding carboxylic acids is 4. The molecule has 10 heteroatoms. The molecule has 168 valence electrons. The van der Waals surface area contributed by atoms with Crippen molar-refractivity contribution in [1.29, 1.82) is 0 Å². The summed E-state index contributed by atoms with van der Waals surface area (Å²) < 4.78 is 16.8. The van der Waals surface area contributed by atoms with Crippen molar-refractivity contribution >= 4 is 23.4 Å². The number of aryl methyl sites for hydroxylation is 1. The summed E-state index contributed by atoms with van der Waals surface area (Å²) in [5.74, 6) is -1.74. The van der Waals surface area contributed by atoms with Gasteiger partial charge in [-0.2, -0.15) is 0 Å². The van der Waals surface area contributed by atoms with Crippen LogP contribution >= 0.6 is 0 Å². The maximum atomic E-state index is 12.8. The zero-order valence-electron chi connectivity index (χ0n) is 17.8. The maximum absolute atomic E-state index is 12.8. The van der Waals surface area contributed by atoms with Crippen LogP contribution in [0.15, 0.2) is 23.9 Å². The summed E-state index contributed by atoms with van der Waals surface area (Å²) in [5.41, 5.74) is 1.41. The van der Waals surface area contributed by atoms with Gasteiger partial charge in [0, 0.05) is 12.7 Å². The minimum Gasteiger partial charge on any atom is -0.486 e. The van der Waals surface area contributed by atoms with E-state index < -0.39 is 35.7 Å². The van der Waals surface area contributed by atoms with Crippen molar-refractivity contribution < 1.29 is 33.4 Å². The molecule has 4 heterocycles. The normalized spacial score (nSPS) is 26.5. The monoisotopic (exact) mass is 441 g/mol. The number of carbonyl (C=O) groups is 4. The van der Waals surface area contributed by atoms with Crippen molar-refractivity contribution in [1.82, 2.24) is 15.1 Å². The highest BCUT2D eigenvalue weighted by molar-refractivity contribution is 6.53. The number of benzene rings is 1. The lowest BCUT2D eigenvalue weighted by atomic mass is 9.93. The van der Waals surface area contributed by atoms with Crippen LogP contribution in [-0.2, 0) is 30.5 Å². The van der Waals surface area contributed by atoms with Crippen molar-refractivity contribution in [2.75, 3.05) is 26.4 Å². The van der Waals surface area contributed by atoms with E-state index in [4.69, 9.17) is 14.2 Å². The second-order valence-electron chi connectivity index (χ2n) is 8.32. The molecule has 2 fully saturated rings. The van der Waals surface area contributed by atoms with E-state index in [9.17, 15) is 19.2 Å². The first-order valence-corrected chi connectivity index (χ1v) is 10.5. The largest absolute Gasteiger partial charge is 0.486 e. The van der Waals surface area contributed by atoms with Crippen LogP contribution in [0.25, 0.3) is 0 Å². The molecule has 1 aromatic rings. The smallest absolute Gasteiger partial charge is 0.257 e. The second-order valence-corrected chi connectivity index (χ2v) is 8.32. The molecule has 0 bridgehead atoms. The highest BCUT2D eigenvalue weighted by Gasteiger charge is 2.52. The van der Waals surface area contributed by atoms with E-state index in [0.717, 1.165) is 11.1 Å². The first kappa shape index (κ1) is 20.5. The minimum absolute atomic E-state index is 0.138. The number of hydrogen-bond acceptors (Lipinski definition) is 8. The van der Waals surface area contributed by atoms with E-state index in [0.29, 0.717) is 31.3 Å². The Kier molecular flexibility index (Phi) is 4.89. The van der Waals surface area contributed by atoms with Gasteiger partial charge in [0.2, 0.25) is 11.6 Å². The zero-order valence-corrected chi connectivity index (χ0v) is 17.8. The van der Waals surface area contributed by atoms with Crippen LogP contribution in [0, 0.1) is 6.92 Å². The van der Waals surface area contributed by atoms with Gasteiger partial charge in [-0.25, -0.2) is 0 Å². The Morgan fingerprint density at radius 1 is 1.16 bits per heavy atom. The number of piperazine rings is 1. The van der Waals surface area contributed by atoms with Gasteiger partial charge in [-0.05, 0) is 37.1 Å². The summed E-state index contributed by atoms with van der Waals surface area (Å²) in [5, 5.41) is 2.70. The second kappa shape index (κ2) is 7.63. The lowest BCUT2D eigenvalue weighted by molar-refractivity contribution is -0.159. The number of hydrogen-bond donors (Lipinski definition) is 1. The summed E-state index contributed by atoms with van der Waals surface area (Å²) in [6, 6.07) is 2.22. The first-order chi connectivity index (χ1) is 15.3. The molecular formula is C22H23N3O7. The molecule has 5 rings (SSSR count). The van der Waals surface area contributed by atoms with Gasteiger partial charge in [-0.15, -0.1) is 0 Å². The predicted octanol–water partition coefficient (Wildman–Crippen LogP) is -0.324. The van der Waals surface area contributed by atoms with Crippen molar-refractivity contribution in [3.05, 3.63) is 35.0 Å². The third-order valence-electron chi connectivity index (χ3n) is 6.20. The van der Waals surface area contributed by atoms with Gasteiger partial charge in [-0.1, -0.05) is 0 Å². The molecule has 32 heavy (non-hydrogen) atoms. The van der Waals surface area contributed by atoms with Crippen LogP contribution < -0.4 is 14.8 Å². The summed E-state index contributed by atoms with van der Waals surface area (Å²) in [6.45, 7) is 5.36. The minimum atomic E-state index is -1.24. The standard InChI is InChI=1S/C22H23N3O7/c1-11-5-15-16(31-4-3-30-15)6-13(11)7-23-21(28)14-8-24-9-17-25(12(2)10-32-17)22(29)18(24)20(27)19(14)26/h5-6,8,12,17-18H,3-4,7,9-10H2,1-2H3,(H,23,28)/t12-,17+,18?/m0/s1. The molecule has 3 atom stereocenters. The number of ketones is 2. The molecule has 0 saturated carbocycles. The molecule has 0 aromatic heterocycles. The number of ether oxygens (including phenoxy) is 3. The number of nitrogens with one attached hydrogen (secondary N) is 1. The van der Waals surface area contributed by atoms with Gasteiger partial charge in [0.25, 0.3) is 11.8 Å². The molecule has 0 spiro atoms. The zero-order chi connectivity index (χ0) is 22.6. The number of fused-ring (bicyclic) bond motifs is 3. The number of amides is 2. The van der Waals surface area contributed by atoms with Crippen molar-refractivity contribution in [2.45, 2.75) is 38.7 Å². The lowest BCUT2D eigenvalue weighted by Crippen LogP contribution is -2.65. The fourth-order valence-electron chi connectivity index (χ4n) is 4.49. The van der Waals surface area contributed by atoms with Gasteiger partial charge in [0.05, 0.1) is 19.2 Å². The molecule has 2 amide bonds. The summed E-state index contributed by atoms with van der Waals surface area (Å²) in [6.07, 6.45) is 0.804. The van der Waals surface area contributed by atoms with E-state index in [2.05, 4.69) is 5.32 Å². The Balaban J connectivity index is 1.34. The maximum Gasteiger partial charge on any atom is 0.257 e. The van der Waals surface area contributed by atoms with Crippen LogP contribution in [0.5, 0.6) is 11.5 Å². The van der Waals surface area contributed by atoms with E-state index in [1.807, 2.05) is 19.9 Å². The molecule has 2 saturated heterocycles. The Labute approximate surface area is 184 Å². The van der Waals surface area contributed by atoms with Gasteiger partial charge in [-0.3, -0.25) is 19.2 Å². The fraction of sp³-hybridized carbons (Fsp3) is 0.455. The van der Waals surface area contributed by atoms with E-state index in [1.54, 1.807) is 6.07 Å². The van der Waals surface area contributed by atoms with Gasteiger partial charge in [0.1, 0.15) is 25.0 Å². The average molecular weight is 441 g/mol. The van der Waals surface area contributed by atoms with Crippen LogP contribution in [0.3, 0.4) is 0 Å². The highest BCUT2D eigenvalue weighted by Crippen LogP contribution is 2.33. The molecule has 0 aliphatic carbocycles. The quantitative estimate of drug-likeness (QED) is 0.386. The van der Waals surface area contributed by atoms with Gasteiger partial charge < -0.3 is 29.3 Å². The topological polar surface area (TPSA) is 114 Å². The third kappa shape index (κ3) is 3.22. The fourth-order valence-corrected chi connectivity index (χ4v) is 4.49. The van der Waals surface area contributed by atoms with E-state index >= 15 is 0 Å². The molecule has 1 aromatic carbocycles. The van der Waals surface area contributed by atoms with Crippen LogP contribution in [0.1, 0.15) is 18.1 Å². The Hall–Kier alpha value is -3.40.